The molecular weight excluding hydrogens is 323 g/mol. The van der Waals surface area contributed by atoms with E-state index in [9.17, 15) is 9.50 Å². The number of hydrogen-bond acceptors (Lipinski definition) is 6. The summed E-state index contributed by atoms with van der Waals surface area (Å²) in [5.41, 5.74) is 7.16. The highest BCUT2D eigenvalue weighted by Gasteiger charge is 2.20. The van der Waals surface area contributed by atoms with Crippen LogP contribution in [-0.2, 0) is 0 Å². The van der Waals surface area contributed by atoms with E-state index in [1.54, 1.807) is 20.0 Å². The molecule has 5 N–H and O–H groups in total. The molecule has 2 heterocycles. The van der Waals surface area contributed by atoms with Crippen molar-refractivity contribution in [3.8, 4) is 11.3 Å². The Morgan fingerprint density at radius 1 is 1.32 bits per heavy atom. The molecule has 0 radical (unpaired) electrons. The fourth-order valence-electron chi connectivity index (χ4n) is 2.69. The van der Waals surface area contributed by atoms with Crippen LogP contribution >= 0.6 is 0 Å². The average Bonchev–Trinajstić information content (AvgIpc) is 3.04. The predicted molar refractivity (Wildman–Crippen MR) is 95.8 cm³/mol. The van der Waals surface area contributed by atoms with Crippen molar-refractivity contribution in [1.29, 1.82) is 0 Å². The lowest BCUT2D eigenvalue weighted by Crippen LogP contribution is -2.28. The number of aliphatic hydroxyl groups is 1. The minimum atomic E-state index is -1.21. The monoisotopic (exact) mass is 344 g/mol. The Morgan fingerprint density at radius 2 is 2.12 bits per heavy atom. The lowest BCUT2D eigenvalue weighted by Gasteiger charge is -2.20. The van der Waals surface area contributed by atoms with Crippen LogP contribution in [0.1, 0.15) is 20.3 Å². The maximum absolute atomic E-state index is 14.0. The van der Waals surface area contributed by atoms with Crippen LogP contribution in [0.15, 0.2) is 30.5 Å². The predicted octanol–water partition coefficient (Wildman–Crippen LogP) is 2.51. The second kappa shape index (κ2) is 6.64. The molecule has 25 heavy (non-hydrogen) atoms. The number of nitrogens with two attached hydrogens (primary N) is 1. The van der Waals surface area contributed by atoms with E-state index in [-0.39, 0.29) is 18.9 Å². The highest BCUT2D eigenvalue weighted by molar-refractivity contribution is 5.92. The summed E-state index contributed by atoms with van der Waals surface area (Å²) >= 11 is 0. The van der Waals surface area contributed by atoms with Gasteiger partial charge in [0.05, 0.1) is 16.8 Å². The molecule has 0 fully saturated rings. The molecule has 0 aliphatic carbocycles. The second-order valence-electron chi connectivity index (χ2n) is 6.63. The number of H-pyrrole nitrogens is 1. The number of anilines is 2. The number of benzene rings is 1. The van der Waals surface area contributed by atoms with E-state index in [0.29, 0.717) is 11.3 Å². The van der Waals surface area contributed by atoms with Crippen molar-refractivity contribution in [2.75, 3.05) is 17.6 Å². The van der Waals surface area contributed by atoms with Crippen molar-refractivity contribution in [2.24, 2.45) is 0 Å². The fraction of sp³-hybridized carbons (Fsp3) is 0.353. The van der Waals surface area contributed by atoms with E-state index < -0.39 is 11.8 Å². The van der Waals surface area contributed by atoms with E-state index in [1.807, 2.05) is 24.3 Å². The number of aromatic amines is 1. The van der Waals surface area contributed by atoms with E-state index in [0.717, 1.165) is 16.6 Å². The number of hydrogen-bond donors (Lipinski definition) is 4. The number of nitrogens with one attached hydrogen (secondary N) is 2. The van der Waals surface area contributed by atoms with Crippen LogP contribution in [0.4, 0.5) is 16.2 Å². The van der Waals surface area contributed by atoms with Gasteiger partial charge in [-0.05, 0) is 32.0 Å². The van der Waals surface area contributed by atoms with Gasteiger partial charge in [0.25, 0.3) is 0 Å². The van der Waals surface area contributed by atoms with Crippen LogP contribution < -0.4 is 11.1 Å². The molecule has 0 amide bonds. The first-order valence-electron chi connectivity index (χ1n) is 7.99. The highest BCUT2D eigenvalue weighted by Crippen LogP contribution is 2.26. The van der Waals surface area contributed by atoms with E-state index in [2.05, 4.69) is 25.5 Å². The molecule has 132 valence electrons. The molecule has 0 saturated heterocycles. The number of alkyl halides is 1. The third kappa shape index (κ3) is 4.21. The zero-order valence-corrected chi connectivity index (χ0v) is 14.1. The van der Waals surface area contributed by atoms with Gasteiger partial charge in [0.1, 0.15) is 12.0 Å². The zero-order valence-electron chi connectivity index (χ0n) is 14.1. The molecule has 1 atom stereocenters. The van der Waals surface area contributed by atoms with Crippen LogP contribution in [0, 0.1) is 0 Å². The van der Waals surface area contributed by atoms with E-state index in [4.69, 9.17) is 5.73 Å². The molecule has 8 heteroatoms. The lowest BCUT2D eigenvalue weighted by molar-refractivity contribution is 0.0465. The maximum atomic E-state index is 14.0. The van der Waals surface area contributed by atoms with Crippen molar-refractivity contribution >= 4 is 22.7 Å². The van der Waals surface area contributed by atoms with Crippen LogP contribution in [-0.4, -0.2) is 43.6 Å². The van der Waals surface area contributed by atoms with Gasteiger partial charge in [-0.15, -0.1) is 0 Å². The Hall–Kier alpha value is -2.74. The van der Waals surface area contributed by atoms with E-state index >= 15 is 0 Å². The molecule has 0 spiro atoms. The van der Waals surface area contributed by atoms with E-state index in [1.165, 1.54) is 0 Å². The summed E-state index contributed by atoms with van der Waals surface area (Å²) in [6.45, 7) is 3.18. The quantitative estimate of drug-likeness (QED) is 0.546. The molecule has 0 unspecified atom stereocenters. The third-order valence-corrected chi connectivity index (χ3v) is 3.74. The molecule has 0 saturated carbocycles. The van der Waals surface area contributed by atoms with Crippen molar-refractivity contribution < 1.29 is 9.50 Å². The molecule has 3 aromatic rings. The summed E-state index contributed by atoms with van der Waals surface area (Å²) < 4.78 is 14.0. The van der Waals surface area contributed by atoms with Crippen LogP contribution in [0.2, 0.25) is 0 Å². The van der Waals surface area contributed by atoms with Gasteiger partial charge < -0.3 is 16.2 Å². The largest absolute Gasteiger partial charge is 0.390 e. The number of halogens is 1. The number of aromatic nitrogens is 4. The standard InChI is InChI=1S/C17H21FN6O/c1-17(2,25)8-11(18)9-20-15-12-4-3-10(13-5-6-21-24-13)7-14(12)22-16(19)23-15/h3-7,11,25H,8-9H2,1-2H3,(H,21,24)(H3,19,20,22,23)/t11-/m0/s1. The molecule has 2 aromatic heterocycles. The summed E-state index contributed by atoms with van der Waals surface area (Å²) in [5, 5.41) is 20.2. The number of fused-ring (bicyclic) bond motifs is 1. The van der Waals surface area contributed by atoms with Gasteiger partial charge >= 0.3 is 0 Å². The highest BCUT2D eigenvalue weighted by atomic mass is 19.1. The summed E-state index contributed by atoms with van der Waals surface area (Å²) in [7, 11) is 0. The molecule has 1 aromatic carbocycles. The minimum absolute atomic E-state index is 0.0256. The van der Waals surface area contributed by atoms with Gasteiger partial charge in [-0.1, -0.05) is 6.07 Å². The Balaban J connectivity index is 1.85. The van der Waals surface area contributed by atoms with Gasteiger partial charge in [0, 0.05) is 30.1 Å². The fourth-order valence-corrected chi connectivity index (χ4v) is 2.69. The Morgan fingerprint density at radius 3 is 2.80 bits per heavy atom. The first-order valence-corrected chi connectivity index (χ1v) is 7.99. The van der Waals surface area contributed by atoms with Crippen molar-refractivity contribution in [3.05, 3.63) is 30.5 Å². The first kappa shape index (κ1) is 17.1. The minimum Gasteiger partial charge on any atom is -0.390 e. The topological polar surface area (TPSA) is 113 Å². The van der Waals surface area contributed by atoms with Crippen molar-refractivity contribution in [1.82, 2.24) is 20.2 Å². The summed E-state index contributed by atoms with van der Waals surface area (Å²) in [6.07, 6.45) is 0.489. The lowest BCUT2D eigenvalue weighted by atomic mass is 10.0. The Bertz CT molecular complexity index is 859. The molecular formula is C17H21FN6O. The summed E-state index contributed by atoms with van der Waals surface area (Å²) in [6, 6.07) is 7.49. The summed E-state index contributed by atoms with van der Waals surface area (Å²) in [5.74, 6) is 0.576. The number of nitrogens with zero attached hydrogens (tertiary/aromatic N) is 3. The Kier molecular flexibility index (Phi) is 4.54. The molecule has 0 bridgehead atoms. The van der Waals surface area contributed by atoms with Crippen LogP contribution in [0.3, 0.4) is 0 Å². The smallest absolute Gasteiger partial charge is 0.222 e. The van der Waals surface area contributed by atoms with Gasteiger partial charge in [0.2, 0.25) is 5.95 Å². The van der Waals surface area contributed by atoms with Gasteiger partial charge in [-0.25, -0.2) is 9.37 Å². The number of nitrogen functional groups attached to an aromatic ring is 1. The third-order valence-electron chi connectivity index (χ3n) is 3.74. The SMILES string of the molecule is CC(C)(O)C[C@H](F)CNc1nc(N)nc2cc(-c3ccn[nH]3)ccc12. The molecule has 7 nitrogen and oxygen atoms in total. The van der Waals surface area contributed by atoms with Gasteiger partial charge in [0.15, 0.2) is 0 Å². The zero-order chi connectivity index (χ0) is 18.0. The molecule has 0 aliphatic rings. The Labute approximate surface area is 144 Å². The van der Waals surface area contributed by atoms with Crippen LogP contribution in [0.5, 0.6) is 0 Å². The normalized spacial score (nSPS) is 13.1. The summed E-state index contributed by atoms with van der Waals surface area (Å²) in [4.78, 5) is 8.42. The second-order valence-corrected chi connectivity index (χ2v) is 6.63. The van der Waals surface area contributed by atoms with Crippen molar-refractivity contribution in [3.63, 3.8) is 0 Å². The molecule has 3 rings (SSSR count). The van der Waals surface area contributed by atoms with Gasteiger partial charge in [-0.2, -0.15) is 10.1 Å². The average molecular weight is 344 g/mol. The van der Waals surface area contributed by atoms with Crippen molar-refractivity contribution in [2.45, 2.75) is 32.0 Å². The first-order chi connectivity index (χ1) is 11.8. The maximum Gasteiger partial charge on any atom is 0.222 e. The van der Waals surface area contributed by atoms with Gasteiger partial charge in [-0.3, -0.25) is 5.10 Å². The molecule has 0 aliphatic heterocycles. The van der Waals surface area contributed by atoms with Crippen LogP contribution in [0.25, 0.3) is 22.2 Å². The number of rotatable bonds is 6.